The van der Waals surface area contributed by atoms with Crippen molar-refractivity contribution in [1.29, 1.82) is 0 Å². The molecule has 0 aromatic heterocycles. The van der Waals surface area contributed by atoms with Gasteiger partial charge in [0.15, 0.2) is 0 Å². The molecule has 7 rings (SSSR count). The predicted octanol–water partition coefficient (Wildman–Crippen LogP) is 3.16. The van der Waals surface area contributed by atoms with E-state index in [1.54, 1.807) is 24.5 Å². The van der Waals surface area contributed by atoms with Crippen LogP contribution >= 0.6 is 0 Å². The molecule has 2 bridgehead atoms. The number of fused-ring (bicyclic) bond motifs is 3. The topological polar surface area (TPSA) is 85.1 Å². The van der Waals surface area contributed by atoms with Gasteiger partial charge in [-0.1, -0.05) is 0 Å². The molecule has 2 aromatic carbocycles. The summed E-state index contributed by atoms with van der Waals surface area (Å²) in [6, 6.07) is 14.9. The van der Waals surface area contributed by atoms with E-state index in [1.807, 2.05) is 41.3 Å². The van der Waals surface area contributed by atoms with Crippen molar-refractivity contribution in [2.24, 2.45) is 0 Å². The van der Waals surface area contributed by atoms with Gasteiger partial charge in [0.05, 0.1) is 31.0 Å². The number of nitrogens with zero attached hydrogens (tertiary/aromatic N) is 7. The van der Waals surface area contributed by atoms with E-state index in [2.05, 4.69) is 54.9 Å². The Kier molecular flexibility index (Phi) is 8.55. The van der Waals surface area contributed by atoms with Gasteiger partial charge in [0.25, 0.3) is 0 Å². The normalized spacial score (nSPS) is 24.0. The second-order valence-electron chi connectivity index (χ2n) is 12.8. The summed E-state index contributed by atoms with van der Waals surface area (Å²) in [7, 11) is 4.21. The molecule has 0 aliphatic carbocycles. The highest BCUT2D eigenvalue weighted by atomic mass is 19.4. The van der Waals surface area contributed by atoms with Crippen LogP contribution in [0.25, 0.3) is 0 Å². The number of hydrogen-bond donors (Lipinski definition) is 3. The molecule has 0 radical (unpaired) electrons. The smallest absolute Gasteiger partial charge is 0.378 e. The third kappa shape index (κ3) is 6.93. The molecule has 3 fully saturated rings. The van der Waals surface area contributed by atoms with Gasteiger partial charge in [-0.05, 0) is 62.6 Å². The van der Waals surface area contributed by atoms with E-state index in [0.29, 0.717) is 42.7 Å². The maximum absolute atomic E-state index is 13.5. The molecule has 5 heterocycles. The van der Waals surface area contributed by atoms with Crippen LogP contribution in [0.4, 0.5) is 40.7 Å². The number of rotatable bonds is 6. The second-order valence-corrected chi connectivity index (χ2v) is 12.8. The molecule has 5 aliphatic heterocycles. The van der Waals surface area contributed by atoms with Crippen molar-refractivity contribution in [1.82, 2.24) is 30.3 Å². The van der Waals surface area contributed by atoms with Gasteiger partial charge in [0.1, 0.15) is 18.9 Å². The first-order chi connectivity index (χ1) is 22.6. The van der Waals surface area contributed by atoms with Crippen molar-refractivity contribution in [3.63, 3.8) is 0 Å². The Morgan fingerprint density at radius 3 is 2.04 bits per heavy atom. The van der Waals surface area contributed by atoms with Crippen molar-refractivity contribution < 1.29 is 22.7 Å². The fourth-order valence-corrected chi connectivity index (χ4v) is 6.94. The van der Waals surface area contributed by atoms with E-state index in [9.17, 15) is 18.0 Å². The maximum atomic E-state index is 13.5. The van der Waals surface area contributed by atoms with Crippen LogP contribution < -0.4 is 25.9 Å². The number of carbonyl (C=O) groups is 1. The molecule has 2 aromatic rings. The van der Waals surface area contributed by atoms with Crippen LogP contribution in [0.1, 0.15) is 0 Å². The third-order valence-corrected chi connectivity index (χ3v) is 9.23. The van der Waals surface area contributed by atoms with Crippen molar-refractivity contribution in [3.05, 3.63) is 72.3 Å². The Hall–Kier alpha value is -4.18. The first kappa shape index (κ1) is 31.4. The maximum Gasteiger partial charge on any atom is 0.407 e. The second kappa shape index (κ2) is 12.8. The molecular weight excluding hydrogens is 613 g/mol. The molecule has 2 atom stereocenters. The molecule has 12 nitrogen and oxygen atoms in total. The highest BCUT2D eigenvalue weighted by Crippen LogP contribution is 2.37. The summed E-state index contributed by atoms with van der Waals surface area (Å²) in [6.07, 6.45) is -0.990. The molecule has 2 unspecified atom stereocenters. The van der Waals surface area contributed by atoms with E-state index >= 15 is 0 Å². The van der Waals surface area contributed by atoms with Gasteiger partial charge in [-0.3, -0.25) is 10.0 Å². The summed E-state index contributed by atoms with van der Waals surface area (Å²) >= 11 is 0. The number of nitrogens with one attached hydrogen (secondary N) is 3. The van der Waals surface area contributed by atoms with E-state index in [0.717, 1.165) is 55.7 Å². The molecule has 0 saturated carbocycles. The molecule has 3 saturated heterocycles. The number of amides is 2. The Labute approximate surface area is 272 Å². The van der Waals surface area contributed by atoms with Crippen molar-refractivity contribution >= 4 is 28.8 Å². The van der Waals surface area contributed by atoms with Crippen LogP contribution in [0.5, 0.6) is 0 Å². The first-order valence-electron chi connectivity index (χ1n) is 15.9. The number of halogens is 3. The van der Waals surface area contributed by atoms with Gasteiger partial charge in [0.2, 0.25) is 0 Å². The molecule has 3 N–H and O–H groups in total. The fourth-order valence-electron chi connectivity index (χ4n) is 6.94. The Bertz CT molecular complexity index is 1480. The van der Waals surface area contributed by atoms with Gasteiger partial charge in [0, 0.05) is 74.4 Å². The molecule has 0 spiro atoms. The van der Waals surface area contributed by atoms with Crippen LogP contribution in [0.2, 0.25) is 0 Å². The average molecular weight is 655 g/mol. The zero-order chi connectivity index (χ0) is 32.7. The SMILES string of the molecule is CN1CCN(c2ccc(NC(=O)Nc3ccc(N4C=C5C(=CNN5CC(F)(F)F)N(N5C6COCC5CN(C)C6)C4)cc3)cc2)CC1. The molecule has 15 heteroatoms. The Balaban J connectivity index is 1.04. The number of alkyl halides is 3. The quantitative estimate of drug-likeness (QED) is 0.432. The number of benzene rings is 2. The number of hydrazine groups is 2. The van der Waals surface area contributed by atoms with E-state index in [-0.39, 0.29) is 18.1 Å². The van der Waals surface area contributed by atoms with E-state index < -0.39 is 12.7 Å². The molecule has 5 aliphatic rings. The summed E-state index contributed by atoms with van der Waals surface area (Å²) < 4.78 is 46.5. The van der Waals surface area contributed by atoms with Crippen molar-refractivity contribution in [3.8, 4) is 0 Å². The van der Waals surface area contributed by atoms with Gasteiger partial charge >= 0.3 is 12.2 Å². The number of piperazine rings is 2. The summed E-state index contributed by atoms with van der Waals surface area (Å²) in [6.45, 7) is 5.94. The Morgan fingerprint density at radius 2 is 1.45 bits per heavy atom. The number of hydrogen-bond acceptors (Lipinski definition) is 10. The number of morpholine rings is 1. The number of carbonyl (C=O) groups excluding carboxylic acids is 1. The van der Waals surface area contributed by atoms with E-state index in [1.165, 1.54) is 0 Å². The first-order valence-corrected chi connectivity index (χ1v) is 15.9. The lowest BCUT2D eigenvalue weighted by Gasteiger charge is -2.55. The van der Waals surface area contributed by atoms with Crippen LogP contribution in [0, 0.1) is 0 Å². The summed E-state index contributed by atoms with van der Waals surface area (Å²) in [5.74, 6) is 0. The summed E-state index contributed by atoms with van der Waals surface area (Å²) in [4.78, 5) is 21.7. The van der Waals surface area contributed by atoms with Gasteiger partial charge in [-0.15, -0.1) is 0 Å². The predicted molar refractivity (Wildman–Crippen MR) is 174 cm³/mol. The monoisotopic (exact) mass is 654 g/mol. The third-order valence-electron chi connectivity index (χ3n) is 9.23. The van der Waals surface area contributed by atoms with Crippen LogP contribution in [0.15, 0.2) is 72.3 Å². The molecule has 2 amide bonds. The van der Waals surface area contributed by atoms with Gasteiger partial charge < -0.3 is 40.4 Å². The molecule has 252 valence electrons. The summed E-state index contributed by atoms with van der Waals surface area (Å²) in [5, 5.41) is 11.3. The average Bonchev–Trinajstić information content (AvgIpc) is 3.42. The van der Waals surface area contributed by atoms with Gasteiger partial charge in [-0.25, -0.2) is 9.80 Å². The standard InChI is InChI=1S/C32H41F3N10O2/c1-39-11-13-41(14-12-39)25-7-3-23(4-8-25)37-31(46)38-24-5-9-26(10-6-24)42-18-30-29(15-36-43(30)21-32(33,34)35)44(22-42)45-27-16-40(2)17-28(45)20-47-19-27/h3-10,15,18,27-28,36H,11-14,16-17,19-22H2,1-2H3,(H2,37,38,46). The minimum absolute atomic E-state index is 0.0688. The zero-order valence-corrected chi connectivity index (χ0v) is 26.6. The minimum Gasteiger partial charge on any atom is -0.378 e. The number of anilines is 4. The van der Waals surface area contributed by atoms with Crippen LogP contribution in [0.3, 0.4) is 0 Å². The van der Waals surface area contributed by atoms with Crippen molar-refractivity contribution in [2.45, 2.75) is 18.3 Å². The van der Waals surface area contributed by atoms with E-state index in [4.69, 9.17) is 4.74 Å². The minimum atomic E-state index is -4.39. The molecule has 47 heavy (non-hydrogen) atoms. The number of ether oxygens (including phenoxy) is 1. The number of urea groups is 1. The zero-order valence-electron chi connectivity index (χ0n) is 26.6. The van der Waals surface area contributed by atoms with Crippen LogP contribution in [-0.2, 0) is 4.74 Å². The number of likely N-dealkylation sites (N-methyl/N-ethyl adjacent to an activating group) is 2. The fraction of sp³-hybridized carbons (Fsp3) is 0.469. The largest absolute Gasteiger partial charge is 0.407 e. The highest BCUT2D eigenvalue weighted by molar-refractivity contribution is 5.99. The lowest BCUT2D eigenvalue weighted by molar-refractivity contribution is -0.179. The Morgan fingerprint density at radius 1 is 0.851 bits per heavy atom. The summed E-state index contributed by atoms with van der Waals surface area (Å²) in [5.41, 5.74) is 7.15. The van der Waals surface area contributed by atoms with Crippen LogP contribution in [-0.4, -0.2) is 129 Å². The lowest BCUT2D eigenvalue weighted by Crippen LogP contribution is -2.69. The highest BCUT2D eigenvalue weighted by Gasteiger charge is 2.45. The van der Waals surface area contributed by atoms with Crippen molar-refractivity contribution in [2.75, 3.05) is 100 Å². The molecular formula is C32H41F3N10O2. The lowest BCUT2D eigenvalue weighted by atomic mass is 10.1. The van der Waals surface area contributed by atoms with Gasteiger partial charge in [-0.2, -0.15) is 13.2 Å².